The summed E-state index contributed by atoms with van der Waals surface area (Å²) in [5.41, 5.74) is 1.94. The minimum Gasteiger partial charge on any atom is -0.379 e. The predicted octanol–water partition coefficient (Wildman–Crippen LogP) is 2.89. The van der Waals surface area contributed by atoms with Crippen molar-refractivity contribution in [3.63, 3.8) is 0 Å². The first-order chi connectivity index (χ1) is 16.4. The van der Waals surface area contributed by atoms with E-state index in [0.29, 0.717) is 44.1 Å². The molecule has 34 heavy (non-hydrogen) atoms. The zero-order chi connectivity index (χ0) is 24.0. The molecule has 0 radical (unpaired) electrons. The molecule has 1 heterocycles. The van der Waals surface area contributed by atoms with Crippen molar-refractivity contribution in [3.05, 3.63) is 95.6 Å². The Kier molecular flexibility index (Phi) is 7.36. The van der Waals surface area contributed by atoms with Crippen LogP contribution in [-0.4, -0.2) is 50.8 Å². The number of nitrogens with one attached hydrogen (secondary N) is 2. The molecule has 8 nitrogen and oxygen atoms in total. The van der Waals surface area contributed by atoms with Gasteiger partial charge in [-0.2, -0.15) is 4.31 Å². The zero-order valence-electron chi connectivity index (χ0n) is 18.4. The molecule has 1 fully saturated rings. The molecule has 4 rings (SSSR count). The van der Waals surface area contributed by atoms with Crippen LogP contribution >= 0.6 is 0 Å². The second-order valence-corrected chi connectivity index (χ2v) is 9.65. The van der Waals surface area contributed by atoms with Crippen LogP contribution < -0.4 is 10.6 Å². The molecule has 0 aromatic heterocycles. The van der Waals surface area contributed by atoms with Crippen molar-refractivity contribution >= 4 is 27.5 Å². The number of nitrogens with zero attached hydrogens (tertiary/aromatic N) is 1. The van der Waals surface area contributed by atoms with Gasteiger partial charge in [0.1, 0.15) is 0 Å². The highest BCUT2D eigenvalue weighted by atomic mass is 32.2. The first-order valence-corrected chi connectivity index (χ1v) is 12.3. The molecule has 0 bridgehead atoms. The van der Waals surface area contributed by atoms with Gasteiger partial charge in [-0.15, -0.1) is 0 Å². The molecule has 0 unspecified atom stereocenters. The van der Waals surface area contributed by atoms with Crippen LogP contribution in [0.15, 0.2) is 83.8 Å². The molecule has 1 aliphatic heterocycles. The molecule has 2 N–H and O–H groups in total. The summed E-state index contributed by atoms with van der Waals surface area (Å²) in [6.07, 6.45) is 0. The third-order valence-electron chi connectivity index (χ3n) is 5.44. The molecule has 0 aliphatic carbocycles. The molecule has 3 aromatic carbocycles. The van der Waals surface area contributed by atoms with E-state index < -0.39 is 15.9 Å². The summed E-state index contributed by atoms with van der Waals surface area (Å²) in [5, 5.41) is 5.60. The summed E-state index contributed by atoms with van der Waals surface area (Å²) in [5.74, 6) is -0.759. The van der Waals surface area contributed by atoms with Crippen molar-refractivity contribution in [1.82, 2.24) is 9.62 Å². The molecule has 0 spiro atoms. The van der Waals surface area contributed by atoms with E-state index in [2.05, 4.69) is 10.6 Å². The van der Waals surface area contributed by atoms with E-state index in [4.69, 9.17) is 4.74 Å². The van der Waals surface area contributed by atoms with Crippen LogP contribution in [0.5, 0.6) is 0 Å². The Bertz CT molecular complexity index is 1260. The molecule has 3 aromatic rings. The third-order valence-corrected chi connectivity index (χ3v) is 7.35. The van der Waals surface area contributed by atoms with Gasteiger partial charge in [0.2, 0.25) is 10.0 Å². The van der Waals surface area contributed by atoms with Crippen molar-refractivity contribution in [2.75, 3.05) is 31.6 Å². The van der Waals surface area contributed by atoms with Crippen LogP contribution in [0.4, 0.5) is 5.69 Å². The molecule has 9 heteroatoms. The topological polar surface area (TPSA) is 105 Å². The highest BCUT2D eigenvalue weighted by Crippen LogP contribution is 2.20. The number of rotatable bonds is 7. The van der Waals surface area contributed by atoms with Gasteiger partial charge in [0, 0.05) is 25.2 Å². The van der Waals surface area contributed by atoms with E-state index in [9.17, 15) is 18.0 Å². The zero-order valence-corrected chi connectivity index (χ0v) is 19.3. The number of para-hydroxylation sites is 1. The number of anilines is 1. The third kappa shape index (κ3) is 5.51. The Morgan fingerprint density at radius 1 is 0.824 bits per heavy atom. The fraction of sp³-hybridized carbons (Fsp3) is 0.200. The lowest BCUT2D eigenvalue weighted by Crippen LogP contribution is -2.40. The Morgan fingerprint density at radius 3 is 2.18 bits per heavy atom. The molecule has 0 saturated carbocycles. The summed E-state index contributed by atoms with van der Waals surface area (Å²) in [4.78, 5) is 25.6. The largest absolute Gasteiger partial charge is 0.379 e. The molecule has 2 amide bonds. The van der Waals surface area contributed by atoms with Crippen molar-refractivity contribution in [1.29, 1.82) is 0 Å². The van der Waals surface area contributed by atoms with Gasteiger partial charge in [-0.1, -0.05) is 42.5 Å². The van der Waals surface area contributed by atoms with E-state index in [-0.39, 0.29) is 16.4 Å². The standard InChI is InChI=1S/C25H25N3O5S/c29-24(20-10-12-21(13-11-20)34(31,32)28-14-16-33-17-15-28)27-23-9-5-4-8-22(23)25(30)26-18-19-6-2-1-3-7-19/h1-13H,14-18H2,(H,26,30)(H,27,29). The number of hydrogen-bond donors (Lipinski definition) is 2. The van der Waals surface area contributed by atoms with Crippen molar-refractivity contribution in [2.24, 2.45) is 0 Å². The Balaban J connectivity index is 1.44. The monoisotopic (exact) mass is 479 g/mol. The number of carbonyl (C=O) groups excluding carboxylic acids is 2. The molecular weight excluding hydrogens is 454 g/mol. The van der Waals surface area contributed by atoms with Crippen LogP contribution in [0, 0.1) is 0 Å². The number of carbonyl (C=O) groups is 2. The van der Waals surface area contributed by atoms with Crippen LogP contribution in [0.2, 0.25) is 0 Å². The predicted molar refractivity (Wildman–Crippen MR) is 128 cm³/mol. The van der Waals surface area contributed by atoms with Crippen LogP contribution in [0.25, 0.3) is 0 Å². The van der Waals surface area contributed by atoms with Gasteiger partial charge in [0.05, 0.1) is 29.4 Å². The van der Waals surface area contributed by atoms with Gasteiger partial charge in [-0.25, -0.2) is 8.42 Å². The highest BCUT2D eigenvalue weighted by Gasteiger charge is 2.26. The lowest BCUT2D eigenvalue weighted by Gasteiger charge is -2.26. The number of hydrogen-bond acceptors (Lipinski definition) is 5. The van der Waals surface area contributed by atoms with Gasteiger partial charge in [0.15, 0.2) is 0 Å². The summed E-state index contributed by atoms with van der Waals surface area (Å²) >= 11 is 0. The molecular formula is C25H25N3O5S. The molecule has 176 valence electrons. The normalized spacial score (nSPS) is 14.4. The number of morpholine rings is 1. The summed E-state index contributed by atoms with van der Waals surface area (Å²) in [6, 6.07) is 22.0. The van der Waals surface area contributed by atoms with Gasteiger partial charge in [-0.3, -0.25) is 9.59 Å². The second-order valence-electron chi connectivity index (χ2n) is 7.71. The first-order valence-electron chi connectivity index (χ1n) is 10.9. The first kappa shape index (κ1) is 23.6. The summed E-state index contributed by atoms with van der Waals surface area (Å²) in [6.45, 7) is 1.68. The maximum atomic E-state index is 12.8. The minimum atomic E-state index is -3.64. The van der Waals surface area contributed by atoms with Gasteiger partial charge in [-0.05, 0) is 42.0 Å². The lowest BCUT2D eigenvalue weighted by molar-refractivity contribution is 0.0730. The van der Waals surface area contributed by atoms with Crippen molar-refractivity contribution in [2.45, 2.75) is 11.4 Å². The smallest absolute Gasteiger partial charge is 0.255 e. The maximum Gasteiger partial charge on any atom is 0.255 e. The Labute approximate surface area is 198 Å². The number of sulfonamides is 1. The van der Waals surface area contributed by atoms with E-state index >= 15 is 0 Å². The molecule has 1 aliphatic rings. The van der Waals surface area contributed by atoms with E-state index in [1.54, 1.807) is 24.3 Å². The van der Waals surface area contributed by atoms with Gasteiger partial charge in [0.25, 0.3) is 11.8 Å². The van der Waals surface area contributed by atoms with Gasteiger partial charge >= 0.3 is 0 Å². The van der Waals surface area contributed by atoms with Gasteiger partial charge < -0.3 is 15.4 Å². The minimum absolute atomic E-state index is 0.117. The summed E-state index contributed by atoms with van der Waals surface area (Å²) in [7, 11) is -3.64. The Morgan fingerprint density at radius 2 is 1.47 bits per heavy atom. The SMILES string of the molecule is O=C(Nc1ccccc1C(=O)NCc1ccccc1)c1ccc(S(=O)(=O)N2CCOCC2)cc1. The fourth-order valence-electron chi connectivity index (χ4n) is 3.57. The summed E-state index contributed by atoms with van der Waals surface area (Å²) < 4.78 is 32.1. The van der Waals surface area contributed by atoms with E-state index in [1.165, 1.54) is 28.6 Å². The van der Waals surface area contributed by atoms with Crippen LogP contribution in [-0.2, 0) is 21.3 Å². The maximum absolute atomic E-state index is 12.8. The lowest BCUT2D eigenvalue weighted by atomic mass is 10.1. The number of amides is 2. The molecule has 0 atom stereocenters. The Hall–Kier alpha value is -3.53. The van der Waals surface area contributed by atoms with Crippen LogP contribution in [0.3, 0.4) is 0 Å². The highest BCUT2D eigenvalue weighted by molar-refractivity contribution is 7.89. The number of benzene rings is 3. The molecule has 1 saturated heterocycles. The van der Waals surface area contributed by atoms with E-state index in [0.717, 1.165) is 5.56 Å². The van der Waals surface area contributed by atoms with Crippen molar-refractivity contribution < 1.29 is 22.7 Å². The average molecular weight is 480 g/mol. The fourth-order valence-corrected chi connectivity index (χ4v) is 4.98. The van der Waals surface area contributed by atoms with Crippen molar-refractivity contribution in [3.8, 4) is 0 Å². The van der Waals surface area contributed by atoms with E-state index in [1.807, 2.05) is 30.3 Å². The average Bonchev–Trinajstić information content (AvgIpc) is 2.89. The number of ether oxygens (including phenoxy) is 1. The van der Waals surface area contributed by atoms with Crippen LogP contribution in [0.1, 0.15) is 26.3 Å². The second kappa shape index (κ2) is 10.6. The quantitative estimate of drug-likeness (QED) is 0.542.